The maximum atomic E-state index is 14.7. The Hall–Kier alpha value is -3.66. The van der Waals surface area contributed by atoms with Gasteiger partial charge in [-0.2, -0.15) is 5.26 Å². The van der Waals surface area contributed by atoms with Crippen LogP contribution in [-0.2, 0) is 11.3 Å². The summed E-state index contributed by atoms with van der Waals surface area (Å²) < 4.78 is 16.4. The van der Waals surface area contributed by atoms with Crippen LogP contribution in [0.25, 0.3) is 22.0 Å². The number of aromatic nitrogens is 1. The van der Waals surface area contributed by atoms with Crippen molar-refractivity contribution in [3.63, 3.8) is 0 Å². The van der Waals surface area contributed by atoms with Gasteiger partial charge in [0, 0.05) is 28.4 Å². The van der Waals surface area contributed by atoms with Crippen LogP contribution in [0.5, 0.6) is 0 Å². The van der Waals surface area contributed by atoms with Gasteiger partial charge in [0.25, 0.3) is 5.91 Å². The van der Waals surface area contributed by atoms with Crippen LogP contribution in [-0.4, -0.2) is 21.2 Å². The van der Waals surface area contributed by atoms with Gasteiger partial charge >= 0.3 is 0 Å². The third-order valence-electron chi connectivity index (χ3n) is 5.26. The van der Waals surface area contributed by atoms with Gasteiger partial charge in [-0.25, -0.2) is 4.39 Å². The molecule has 1 atom stereocenters. The van der Waals surface area contributed by atoms with Gasteiger partial charge in [0.15, 0.2) is 5.60 Å². The number of carbonyl (C=O) groups is 1. The average Bonchev–Trinajstić information content (AvgIpc) is 3.14. The maximum Gasteiger partial charge on any atom is 0.257 e. The predicted molar refractivity (Wildman–Crippen MR) is 123 cm³/mol. The summed E-state index contributed by atoms with van der Waals surface area (Å²) in [6.45, 7) is 1.35. The van der Waals surface area contributed by atoms with E-state index in [2.05, 4.69) is 5.32 Å². The van der Waals surface area contributed by atoms with Crippen molar-refractivity contribution in [2.45, 2.75) is 19.1 Å². The van der Waals surface area contributed by atoms with Gasteiger partial charge in [-0.1, -0.05) is 41.9 Å². The molecule has 1 heterocycles. The van der Waals surface area contributed by atoms with Crippen molar-refractivity contribution in [3.05, 3.63) is 89.3 Å². The van der Waals surface area contributed by atoms with Gasteiger partial charge in [-0.3, -0.25) is 4.79 Å². The van der Waals surface area contributed by atoms with Crippen LogP contribution in [0.2, 0.25) is 5.02 Å². The molecule has 1 aromatic heterocycles. The van der Waals surface area contributed by atoms with Gasteiger partial charge < -0.3 is 15.0 Å². The smallest absolute Gasteiger partial charge is 0.257 e. The van der Waals surface area contributed by atoms with E-state index in [-0.39, 0.29) is 22.9 Å². The van der Waals surface area contributed by atoms with Crippen molar-refractivity contribution in [2.75, 3.05) is 5.32 Å². The molecule has 3 aromatic carbocycles. The average molecular weight is 448 g/mol. The number of hydrogen-bond donors (Lipinski definition) is 2. The molecule has 0 saturated heterocycles. The predicted octanol–water partition coefficient (Wildman–Crippen LogP) is 5.36. The fraction of sp³-hybridized carbons (Fsp3) is 0.120. The summed E-state index contributed by atoms with van der Waals surface area (Å²) in [5.74, 6) is -0.978. The quantitative estimate of drug-likeness (QED) is 0.432. The van der Waals surface area contributed by atoms with Gasteiger partial charge in [0.2, 0.25) is 0 Å². The summed E-state index contributed by atoms with van der Waals surface area (Å²) in [5.41, 5.74) is 0.755. The Morgan fingerprint density at radius 2 is 1.94 bits per heavy atom. The molecule has 1 amide bonds. The van der Waals surface area contributed by atoms with Gasteiger partial charge in [-0.15, -0.1) is 0 Å². The number of halogens is 2. The largest absolute Gasteiger partial charge is 0.378 e. The van der Waals surface area contributed by atoms with Crippen molar-refractivity contribution in [3.8, 4) is 17.2 Å². The second-order valence-electron chi connectivity index (χ2n) is 7.73. The van der Waals surface area contributed by atoms with E-state index in [4.69, 9.17) is 16.9 Å². The molecule has 0 fully saturated rings. The highest BCUT2D eigenvalue weighted by atomic mass is 35.5. The number of hydrogen-bond acceptors (Lipinski definition) is 3. The van der Waals surface area contributed by atoms with Crippen LogP contribution < -0.4 is 5.32 Å². The Kier molecular flexibility index (Phi) is 5.70. The third kappa shape index (κ3) is 4.22. The highest BCUT2D eigenvalue weighted by molar-refractivity contribution is 6.32. The lowest BCUT2D eigenvalue weighted by molar-refractivity contribution is -0.133. The Morgan fingerprint density at radius 3 is 2.62 bits per heavy atom. The number of nitrogens with one attached hydrogen (secondary N) is 1. The molecule has 0 aliphatic carbocycles. The summed E-state index contributed by atoms with van der Waals surface area (Å²) in [4.78, 5) is 12.8. The number of anilines is 1. The molecule has 0 aliphatic rings. The van der Waals surface area contributed by atoms with Crippen molar-refractivity contribution in [1.82, 2.24) is 4.57 Å². The summed E-state index contributed by atoms with van der Waals surface area (Å²) in [6, 6.07) is 20.5. The van der Waals surface area contributed by atoms with E-state index in [1.807, 2.05) is 36.4 Å². The zero-order chi connectivity index (χ0) is 22.9. The number of amides is 1. The summed E-state index contributed by atoms with van der Waals surface area (Å²) in [7, 11) is 0. The summed E-state index contributed by atoms with van der Waals surface area (Å²) in [5, 5.41) is 23.4. The second-order valence-corrected chi connectivity index (χ2v) is 8.14. The topological polar surface area (TPSA) is 78.1 Å². The number of aliphatic hydroxyl groups is 1. The fourth-order valence-corrected chi connectivity index (χ4v) is 3.76. The molecule has 0 saturated carbocycles. The molecule has 5 nitrogen and oxygen atoms in total. The Bertz CT molecular complexity index is 1360. The second kappa shape index (κ2) is 8.46. The standard InChI is InChI=1S/C25H19ClFN3O2/c1-25(32,24(31)29-19-8-7-18(14-28)21(26)12-19)15-30-10-9-17-11-22(27)20(13-23(17)30)16-5-3-2-4-6-16/h2-13,32H,15H2,1H3,(H,29,31). The molecule has 4 aromatic rings. The Balaban J connectivity index is 1.61. The Labute approximate surface area is 189 Å². The fourth-order valence-electron chi connectivity index (χ4n) is 3.54. The normalized spacial score (nSPS) is 12.8. The molecular weight excluding hydrogens is 429 g/mol. The van der Waals surface area contributed by atoms with E-state index >= 15 is 0 Å². The first-order valence-corrected chi connectivity index (χ1v) is 10.2. The van der Waals surface area contributed by atoms with Crippen LogP contribution >= 0.6 is 11.6 Å². The van der Waals surface area contributed by atoms with E-state index < -0.39 is 11.5 Å². The molecule has 1 unspecified atom stereocenters. The van der Waals surface area contributed by atoms with Gasteiger partial charge in [0.05, 0.1) is 17.1 Å². The minimum atomic E-state index is -1.77. The van der Waals surface area contributed by atoms with Crippen molar-refractivity contribution in [2.24, 2.45) is 0 Å². The molecule has 160 valence electrons. The summed E-state index contributed by atoms with van der Waals surface area (Å²) >= 11 is 6.01. The van der Waals surface area contributed by atoms with E-state index in [1.165, 1.54) is 25.1 Å². The number of nitriles is 1. The van der Waals surface area contributed by atoms with E-state index in [9.17, 15) is 14.3 Å². The first-order valence-electron chi connectivity index (χ1n) is 9.86. The number of rotatable bonds is 5. The molecule has 0 aliphatic heterocycles. The third-order valence-corrected chi connectivity index (χ3v) is 5.57. The van der Waals surface area contributed by atoms with E-state index in [1.54, 1.807) is 29.0 Å². The van der Waals surface area contributed by atoms with Gasteiger partial charge in [-0.05, 0) is 48.9 Å². The molecule has 32 heavy (non-hydrogen) atoms. The van der Waals surface area contributed by atoms with Crippen LogP contribution in [0.15, 0.2) is 72.9 Å². The lowest BCUT2D eigenvalue weighted by Gasteiger charge is -2.24. The first kappa shape index (κ1) is 21.6. The highest BCUT2D eigenvalue weighted by Crippen LogP contribution is 2.29. The number of benzene rings is 3. The van der Waals surface area contributed by atoms with Crippen molar-refractivity contribution >= 4 is 34.1 Å². The van der Waals surface area contributed by atoms with Crippen LogP contribution in [0.3, 0.4) is 0 Å². The van der Waals surface area contributed by atoms with Crippen LogP contribution in [0.4, 0.5) is 10.1 Å². The van der Waals surface area contributed by atoms with E-state index in [0.717, 1.165) is 5.56 Å². The zero-order valence-corrected chi connectivity index (χ0v) is 17.9. The van der Waals surface area contributed by atoms with E-state index in [0.29, 0.717) is 22.2 Å². The number of fused-ring (bicyclic) bond motifs is 1. The van der Waals surface area contributed by atoms with Gasteiger partial charge in [0.1, 0.15) is 11.9 Å². The monoisotopic (exact) mass is 447 g/mol. The molecule has 0 bridgehead atoms. The SMILES string of the molecule is CC(O)(Cn1ccc2cc(F)c(-c3ccccc3)cc21)C(=O)Nc1ccc(C#N)c(Cl)c1. The molecule has 7 heteroatoms. The number of carbonyl (C=O) groups excluding carboxylic acids is 1. The van der Waals surface area contributed by atoms with Crippen LogP contribution in [0.1, 0.15) is 12.5 Å². The molecule has 2 N–H and O–H groups in total. The van der Waals surface area contributed by atoms with Crippen molar-refractivity contribution < 1.29 is 14.3 Å². The summed E-state index contributed by atoms with van der Waals surface area (Å²) in [6.07, 6.45) is 1.71. The first-order chi connectivity index (χ1) is 15.3. The maximum absolute atomic E-state index is 14.7. The number of nitrogens with zero attached hydrogens (tertiary/aromatic N) is 2. The minimum Gasteiger partial charge on any atom is -0.378 e. The van der Waals surface area contributed by atoms with Crippen molar-refractivity contribution in [1.29, 1.82) is 5.26 Å². The highest BCUT2D eigenvalue weighted by Gasteiger charge is 2.31. The lowest BCUT2D eigenvalue weighted by atomic mass is 10.0. The molecule has 0 spiro atoms. The molecule has 0 radical (unpaired) electrons. The minimum absolute atomic E-state index is 0.0494. The molecular formula is C25H19ClFN3O2. The Morgan fingerprint density at radius 1 is 1.19 bits per heavy atom. The zero-order valence-electron chi connectivity index (χ0n) is 17.1. The lowest BCUT2D eigenvalue weighted by Crippen LogP contribution is -2.43. The van der Waals surface area contributed by atoms with Crippen LogP contribution in [0, 0.1) is 17.1 Å². The molecule has 4 rings (SSSR count).